The van der Waals surface area contributed by atoms with Gasteiger partial charge >= 0.3 is 0 Å². The quantitative estimate of drug-likeness (QED) is 0.576. The van der Waals surface area contributed by atoms with Gasteiger partial charge in [-0.3, -0.25) is 0 Å². The van der Waals surface area contributed by atoms with Crippen molar-refractivity contribution in [2.24, 2.45) is 10.7 Å². The number of nitrogens with one attached hydrogen (secondary N) is 1. The van der Waals surface area contributed by atoms with Crippen molar-refractivity contribution in [3.8, 4) is 11.5 Å². The Kier molecular flexibility index (Phi) is 5.48. The molecular formula is C20H23F2N3O2. The SMILES string of the molecule is COc1ccc(CN=C(N)NCC2(c3c(F)cccc3F)CC2)cc1OC. The maximum atomic E-state index is 14.1. The normalized spacial score (nSPS) is 15.3. The van der Waals surface area contributed by atoms with Crippen molar-refractivity contribution < 1.29 is 18.3 Å². The van der Waals surface area contributed by atoms with Gasteiger partial charge in [-0.1, -0.05) is 12.1 Å². The van der Waals surface area contributed by atoms with Gasteiger partial charge in [-0.05, 0) is 42.7 Å². The van der Waals surface area contributed by atoms with E-state index in [2.05, 4.69) is 10.3 Å². The second kappa shape index (κ2) is 7.82. The van der Waals surface area contributed by atoms with Crippen molar-refractivity contribution >= 4 is 5.96 Å². The number of ether oxygens (including phenoxy) is 2. The first-order chi connectivity index (χ1) is 13.0. The van der Waals surface area contributed by atoms with Crippen LogP contribution >= 0.6 is 0 Å². The molecule has 0 heterocycles. The zero-order chi connectivity index (χ0) is 19.4. The number of hydrogen-bond donors (Lipinski definition) is 2. The number of methoxy groups -OCH3 is 2. The molecule has 3 rings (SSSR count). The lowest BCUT2D eigenvalue weighted by Crippen LogP contribution is -2.38. The number of halogens is 2. The summed E-state index contributed by atoms with van der Waals surface area (Å²) in [6.45, 7) is 0.687. The number of guanidine groups is 1. The number of hydrogen-bond acceptors (Lipinski definition) is 3. The molecule has 5 nitrogen and oxygen atoms in total. The van der Waals surface area contributed by atoms with E-state index in [1.165, 1.54) is 18.2 Å². The van der Waals surface area contributed by atoms with E-state index in [0.717, 1.165) is 5.56 Å². The van der Waals surface area contributed by atoms with E-state index in [1.807, 2.05) is 12.1 Å². The lowest BCUT2D eigenvalue weighted by atomic mass is 9.94. The summed E-state index contributed by atoms with van der Waals surface area (Å²) in [5.41, 5.74) is 6.41. The molecule has 1 aliphatic rings. The molecule has 144 valence electrons. The summed E-state index contributed by atoms with van der Waals surface area (Å²) in [6.07, 6.45) is 1.42. The van der Waals surface area contributed by atoms with E-state index in [0.29, 0.717) is 37.4 Å². The summed E-state index contributed by atoms with van der Waals surface area (Å²) in [4.78, 5) is 4.29. The van der Waals surface area contributed by atoms with Gasteiger partial charge in [-0.15, -0.1) is 0 Å². The van der Waals surface area contributed by atoms with Crippen molar-refractivity contribution in [1.29, 1.82) is 0 Å². The molecule has 0 bridgehead atoms. The minimum atomic E-state index is -0.557. The Morgan fingerprint density at radius 3 is 2.37 bits per heavy atom. The molecule has 7 heteroatoms. The molecule has 1 saturated carbocycles. The minimum absolute atomic E-state index is 0.130. The smallest absolute Gasteiger partial charge is 0.188 e. The van der Waals surface area contributed by atoms with Crippen LogP contribution in [0, 0.1) is 11.6 Å². The van der Waals surface area contributed by atoms with Gasteiger partial charge in [0.15, 0.2) is 17.5 Å². The van der Waals surface area contributed by atoms with Crippen molar-refractivity contribution in [3.05, 3.63) is 59.2 Å². The fourth-order valence-electron chi connectivity index (χ4n) is 3.14. The van der Waals surface area contributed by atoms with Gasteiger partial charge in [0.05, 0.1) is 20.8 Å². The molecule has 0 aliphatic heterocycles. The van der Waals surface area contributed by atoms with E-state index in [-0.39, 0.29) is 11.5 Å². The molecule has 0 radical (unpaired) electrons. The Balaban J connectivity index is 1.63. The van der Waals surface area contributed by atoms with E-state index in [1.54, 1.807) is 20.3 Å². The van der Waals surface area contributed by atoms with Crippen molar-refractivity contribution in [2.45, 2.75) is 24.8 Å². The van der Waals surface area contributed by atoms with Crippen LogP contribution in [-0.2, 0) is 12.0 Å². The monoisotopic (exact) mass is 375 g/mol. The number of benzene rings is 2. The third-order valence-corrected chi connectivity index (χ3v) is 4.83. The predicted molar refractivity (Wildman–Crippen MR) is 100 cm³/mol. The Bertz CT molecular complexity index is 831. The molecule has 2 aromatic carbocycles. The maximum absolute atomic E-state index is 14.1. The van der Waals surface area contributed by atoms with Crippen LogP contribution in [0.1, 0.15) is 24.0 Å². The molecule has 27 heavy (non-hydrogen) atoms. The fourth-order valence-corrected chi connectivity index (χ4v) is 3.14. The average Bonchev–Trinajstić information content (AvgIpc) is 3.45. The van der Waals surface area contributed by atoms with Crippen LogP contribution in [0.2, 0.25) is 0 Å². The van der Waals surface area contributed by atoms with Gasteiger partial charge in [-0.25, -0.2) is 13.8 Å². The van der Waals surface area contributed by atoms with Crippen LogP contribution in [-0.4, -0.2) is 26.7 Å². The summed E-state index contributed by atoms with van der Waals surface area (Å²) >= 11 is 0. The first-order valence-corrected chi connectivity index (χ1v) is 8.68. The van der Waals surface area contributed by atoms with Crippen LogP contribution in [0.4, 0.5) is 8.78 Å². The Labute approximate surface area is 157 Å². The molecule has 0 aromatic heterocycles. The first-order valence-electron chi connectivity index (χ1n) is 8.68. The zero-order valence-electron chi connectivity index (χ0n) is 15.4. The van der Waals surface area contributed by atoms with Gasteiger partial charge in [0.25, 0.3) is 0 Å². The summed E-state index contributed by atoms with van der Waals surface area (Å²) in [5, 5.41) is 3.00. The highest BCUT2D eigenvalue weighted by molar-refractivity contribution is 5.78. The lowest BCUT2D eigenvalue weighted by Gasteiger charge is -2.18. The van der Waals surface area contributed by atoms with Crippen LogP contribution in [0.25, 0.3) is 0 Å². The van der Waals surface area contributed by atoms with Crippen molar-refractivity contribution in [3.63, 3.8) is 0 Å². The van der Waals surface area contributed by atoms with E-state index >= 15 is 0 Å². The summed E-state index contributed by atoms with van der Waals surface area (Å²) < 4.78 is 38.6. The molecule has 3 N–H and O–H groups in total. The average molecular weight is 375 g/mol. The Morgan fingerprint density at radius 1 is 1.11 bits per heavy atom. The molecule has 0 unspecified atom stereocenters. The van der Waals surface area contributed by atoms with E-state index in [9.17, 15) is 8.78 Å². The highest BCUT2D eigenvalue weighted by Gasteiger charge is 2.47. The summed E-state index contributed by atoms with van der Waals surface area (Å²) in [7, 11) is 3.14. The number of aliphatic imine (C=N–C) groups is 1. The van der Waals surface area contributed by atoms with Gasteiger partial charge in [-0.2, -0.15) is 0 Å². The van der Waals surface area contributed by atoms with E-state index in [4.69, 9.17) is 15.2 Å². The maximum Gasteiger partial charge on any atom is 0.188 e. The summed E-state index contributed by atoms with van der Waals surface area (Å²) in [5.74, 6) is 0.445. The first kappa shape index (κ1) is 18.9. The second-order valence-electron chi connectivity index (χ2n) is 6.62. The summed E-state index contributed by atoms with van der Waals surface area (Å²) in [6, 6.07) is 9.44. The lowest BCUT2D eigenvalue weighted by molar-refractivity contribution is 0.354. The van der Waals surface area contributed by atoms with Gasteiger partial charge in [0.1, 0.15) is 11.6 Å². The van der Waals surface area contributed by atoms with Crippen LogP contribution in [0.15, 0.2) is 41.4 Å². The third-order valence-electron chi connectivity index (χ3n) is 4.83. The standard InChI is InChI=1S/C20H23F2N3O2/c1-26-16-7-6-13(10-17(16)27-2)11-24-19(23)25-12-20(8-9-20)18-14(21)4-3-5-15(18)22/h3-7,10H,8-9,11-12H2,1-2H3,(H3,23,24,25). The molecule has 1 fully saturated rings. The zero-order valence-corrected chi connectivity index (χ0v) is 15.4. The molecular weight excluding hydrogens is 352 g/mol. The van der Waals surface area contributed by atoms with Crippen LogP contribution in [0.5, 0.6) is 11.5 Å². The molecule has 1 aliphatic carbocycles. The van der Waals surface area contributed by atoms with Crippen LogP contribution < -0.4 is 20.5 Å². The third kappa shape index (κ3) is 4.13. The van der Waals surface area contributed by atoms with Gasteiger partial charge < -0.3 is 20.5 Å². The van der Waals surface area contributed by atoms with Gasteiger partial charge in [0.2, 0.25) is 0 Å². The van der Waals surface area contributed by atoms with E-state index < -0.39 is 17.0 Å². The molecule has 0 spiro atoms. The van der Waals surface area contributed by atoms with Crippen molar-refractivity contribution in [1.82, 2.24) is 5.32 Å². The topological polar surface area (TPSA) is 68.9 Å². The van der Waals surface area contributed by atoms with Crippen LogP contribution in [0.3, 0.4) is 0 Å². The predicted octanol–water partition coefficient (Wildman–Crippen LogP) is 3.12. The Hall–Kier alpha value is -2.83. The van der Waals surface area contributed by atoms with Gasteiger partial charge in [0, 0.05) is 17.5 Å². The Morgan fingerprint density at radius 2 is 1.78 bits per heavy atom. The number of rotatable bonds is 7. The number of nitrogens with zero attached hydrogens (tertiary/aromatic N) is 1. The molecule has 2 aromatic rings. The minimum Gasteiger partial charge on any atom is -0.493 e. The van der Waals surface area contributed by atoms with Crippen molar-refractivity contribution in [2.75, 3.05) is 20.8 Å². The highest BCUT2D eigenvalue weighted by atomic mass is 19.1. The molecule has 0 saturated heterocycles. The second-order valence-corrected chi connectivity index (χ2v) is 6.62. The largest absolute Gasteiger partial charge is 0.493 e. The number of nitrogens with two attached hydrogens (primary N) is 1. The molecule has 0 atom stereocenters. The molecule has 0 amide bonds. The fraction of sp³-hybridized carbons (Fsp3) is 0.350. The highest BCUT2D eigenvalue weighted by Crippen LogP contribution is 2.49.